The zero-order valence-electron chi connectivity index (χ0n) is 46.0. The molecule has 400 valence electrons. The van der Waals surface area contributed by atoms with Crippen LogP contribution in [0.3, 0.4) is 0 Å². The number of ether oxygens (including phenoxy) is 3. The van der Waals surface area contributed by atoms with Gasteiger partial charge >= 0.3 is 11.9 Å². The van der Waals surface area contributed by atoms with Crippen LogP contribution in [0, 0.1) is 0 Å². The van der Waals surface area contributed by atoms with Crippen LogP contribution < -0.4 is 0 Å². The van der Waals surface area contributed by atoms with Crippen molar-refractivity contribution < 1.29 is 23.8 Å². The molecular weight excluding hydrogens is 861 g/mol. The number of esters is 2. The Labute approximate surface area is 434 Å². The average molecular weight is 972 g/mol. The van der Waals surface area contributed by atoms with Gasteiger partial charge in [-0.15, -0.1) is 0 Å². The molecule has 0 fully saturated rings. The molecular formula is C65H110O5. The number of unbranched alkanes of at least 4 members (excludes halogenated alkanes) is 24. The lowest BCUT2D eigenvalue weighted by atomic mass is 10.0. The smallest absolute Gasteiger partial charge is 0.306 e. The maximum Gasteiger partial charge on any atom is 0.306 e. The normalized spacial score (nSPS) is 13.0. The van der Waals surface area contributed by atoms with Gasteiger partial charge in [0.1, 0.15) is 6.61 Å². The summed E-state index contributed by atoms with van der Waals surface area (Å²) in [7, 11) is 0. The van der Waals surface area contributed by atoms with E-state index >= 15 is 0 Å². The molecule has 0 aliphatic heterocycles. The topological polar surface area (TPSA) is 61.8 Å². The third-order valence-electron chi connectivity index (χ3n) is 12.3. The second kappa shape index (κ2) is 59.9. The van der Waals surface area contributed by atoms with Gasteiger partial charge in [0.25, 0.3) is 0 Å². The maximum atomic E-state index is 12.9. The summed E-state index contributed by atoms with van der Waals surface area (Å²) in [5.41, 5.74) is 0. The predicted molar refractivity (Wildman–Crippen MR) is 306 cm³/mol. The van der Waals surface area contributed by atoms with E-state index in [0.29, 0.717) is 25.9 Å². The molecule has 5 heteroatoms. The standard InChI is InChI=1S/C65H110O5/c1-4-7-10-13-16-19-22-25-28-31-33-35-37-40-43-46-49-52-55-58-64(66)69-62-63(61-68-60-57-54-51-48-45-42-39-36-32-29-26-23-20-17-14-11-8-5-2)70-65(67)59-56-53-50-47-44-41-38-34-30-27-24-21-18-15-12-9-6-3/h7,9-10,12,16,18-19,21,25,27-28,30,33,35,40,43,49,52,63H,4-6,8,11,13-15,17,20,22-24,26,29,31-32,34,36-39,41-42,44-48,50-51,53-62H2,1-3H3/b10-7-,12-9-,19-16-,21-18-,28-25-,30-27-,35-33-,43-40-,52-49-. The van der Waals surface area contributed by atoms with E-state index in [9.17, 15) is 9.59 Å². The fourth-order valence-electron chi connectivity index (χ4n) is 8.02. The van der Waals surface area contributed by atoms with Crippen LogP contribution in [0.5, 0.6) is 0 Å². The molecule has 0 saturated carbocycles. The number of hydrogen-bond donors (Lipinski definition) is 0. The van der Waals surface area contributed by atoms with Crippen LogP contribution in [-0.4, -0.2) is 37.9 Å². The Morgan fingerprint density at radius 1 is 0.329 bits per heavy atom. The molecule has 0 spiro atoms. The quantitative estimate of drug-likeness (QED) is 0.0345. The van der Waals surface area contributed by atoms with Crippen LogP contribution in [-0.2, 0) is 23.8 Å². The minimum absolute atomic E-state index is 0.0377. The average Bonchev–Trinajstić information content (AvgIpc) is 3.36. The van der Waals surface area contributed by atoms with Gasteiger partial charge in [0.2, 0.25) is 0 Å². The SMILES string of the molecule is CC/C=C\C/C=C\C/C=C\C/C=C\C/C=C\C/C=C\CCC(=O)OCC(COCCCCCCCCCCCCCCCCCCCC)OC(=O)CCCCCCCCC/C=C\C/C=C\C/C=C\CC. The first-order valence-corrected chi connectivity index (χ1v) is 29.4. The molecule has 0 bridgehead atoms. The summed E-state index contributed by atoms with van der Waals surface area (Å²) >= 11 is 0. The second-order valence-electron chi connectivity index (χ2n) is 19.1. The second-order valence-corrected chi connectivity index (χ2v) is 19.1. The molecule has 0 rings (SSSR count). The highest BCUT2D eigenvalue weighted by Crippen LogP contribution is 2.15. The number of carbonyl (C=O) groups excluding carboxylic acids is 2. The van der Waals surface area contributed by atoms with Crippen LogP contribution in [0.1, 0.15) is 265 Å². The van der Waals surface area contributed by atoms with Gasteiger partial charge in [0, 0.05) is 19.4 Å². The van der Waals surface area contributed by atoms with E-state index in [1.807, 2.05) is 6.08 Å². The zero-order chi connectivity index (χ0) is 50.6. The molecule has 0 heterocycles. The van der Waals surface area contributed by atoms with Gasteiger partial charge in [-0.25, -0.2) is 0 Å². The van der Waals surface area contributed by atoms with Gasteiger partial charge in [-0.2, -0.15) is 0 Å². The van der Waals surface area contributed by atoms with Gasteiger partial charge in [-0.1, -0.05) is 271 Å². The Hall–Kier alpha value is -3.44. The fraction of sp³-hybridized carbons (Fsp3) is 0.692. The van der Waals surface area contributed by atoms with Gasteiger partial charge in [-0.3, -0.25) is 9.59 Å². The van der Waals surface area contributed by atoms with E-state index in [1.54, 1.807) is 0 Å². The lowest BCUT2D eigenvalue weighted by Gasteiger charge is -2.18. The molecule has 1 unspecified atom stereocenters. The molecule has 1 atom stereocenters. The van der Waals surface area contributed by atoms with Gasteiger partial charge < -0.3 is 14.2 Å². The van der Waals surface area contributed by atoms with Crippen molar-refractivity contribution in [3.05, 3.63) is 109 Å². The predicted octanol–water partition coefficient (Wildman–Crippen LogP) is 20.3. The molecule has 0 aliphatic carbocycles. The number of rotatable bonds is 53. The van der Waals surface area contributed by atoms with Crippen LogP contribution >= 0.6 is 0 Å². The van der Waals surface area contributed by atoms with Crippen molar-refractivity contribution in [3.8, 4) is 0 Å². The first-order valence-electron chi connectivity index (χ1n) is 29.4. The maximum absolute atomic E-state index is 12.9. The summed E-state index contributed by atoms with van der Waals surface area (Å²) < 4.78 is 17.4. The summed E-state index contributed by atoms with van der Waals surface area (Å²) in [4.78, 5) is 25.5. The first kappa shape index (κ1) is 66.6. The molecule has 0 amide bonds. The van der Waals surface area contributed by atoms with Crippen LogP contribution in [0.25, 0.3) is 0 Å². The minimum Gasteiger partial charge on any atom is -0.462 e. The van der Waals surface area contributed by atoms with Crippen molar-refractivity contribution in [2.45, 2.75) is 271 Å². The summed E-state index contributed by atoms with van der Waals surface area (Å²) in [6.45, 7) is 7.54. The lowest BCUT2D eigenvalue weighted by Crippen LogP contribution is -2.30. The third-order valence-corrected chi connectivity index (χ3v) is 12.3. The number of hydrogen-bond acceptors (Lipinski definition) is 5. The number of carbonyl (C=O) groups is 2. The Balaban J connectivity index is 4.40. The Bertz CT molecular complexity index is 1380. The third kappa shape index (κ3) is 57.1. The molecule has 0 aromatic heterocycles. The summed E-state index contributed by atoms with van der Waals surface area (Å²) in [5, 5.41) is 0. The van der Waals surface area contributed by atoms with E-state index < -0.39 is 6.10 Å². The van der Waals surface area contributed by atoms with Crippen molar-refractivity contribution in [1.29, 1.82) is 0 Å². The highest BCUT2D eigenvalue weighted by molar-refractivity contribution is 5.70. The van der Waals surface area contributed by atoms with Gasteiger partial charge in [-0.05, 0) is 89.9 Å². The van der Waals surface area contributed by atoms with Crippen LogP contribution in [0.15, 0.2) is 109 Å². The summed E-state index contributed by atoms with van der Waals surface area (Å²) in [5.74, 6) is -0.502. The van der Waals surface area contributed by atoms with Crippen molar-refractivity contribution in [2.75, 3.05) is 19.8 Å². The van der Waals surface area contributed by atoms with E-state index in [4.69, 9.17) is 14.2 Å². The monoisotopic (exact) mass is 971 g/mol. The van der Waals surface area contributed by atoms with Crippen molar-refractivity contribution in [2.24, 2.45) is 0 Å². The van der Waals surface area contributed by atoms with E-state index in [2.05, 4.69) is 124 Å². The molecule has 0 N–H and O–H groups in total. The summed E-state index contributed by atoms with van der Waals surface area (Å²) in [6, 6.07) is 0. The largest absolute Gasteiger partial charge is 0.462 e. The highest BCUT2D eigenvalue weighted by Gasteiger charge is 2.17. The van der Waals surface area contributed by atoms with Gasteiger partial charge in [0.05, 0.1) is 6.61 Å². The minimum atomic E-state index is -0.578. The molecule has 0 aromatic rings. The fourth-order valence-corrected chi connectivity index (χ4v) is 8.02. The van der Waals surface area contributed by atoms with Crippen LogP contribution in [0.4, 0.5) is 0 Å². The van der Waals surface area contributed by atoms with Crippen molar-refractivity contribution >= 4 is 11.9 Å². The Kier molecular flexibility index (Phi) is 56.9. The molecule has 0 aromatic carbocycles. The molecule has 5 nitrogen and oxygen atoms in total. The highest BCUT2D eigenvalue weighted by atomic mass is 16.6. The van der Waals surface area contributed by atoms with E-state index in [1.165, 1.54) is 128 Å². The van der Waals surface area contributed by atoms with E-state index in [-0.39, 0.29) is 25.2 Å². The van der Waals surface area contributed by atoms with Crippen molar-refractivity contribution in [1.82, 2.24) is 0 Å². The zero-order valence-corrected chi connectivity index (χ0v) is 46.0. The van der Waals surface area contributed by atoms with Gasteiger partial charge in [0.15, 0.2) is 6.10 Å². The number of allylic oxidation sites excluding steroid dienone is 18. The van der Waals surface area contributed by atoms with E-state index in [0.717, 1.165) is 96.3 Å². The van der Waals surface area contributed by atoms with Crippen LogP contribution in [0.2, 0.25) is 0 Å². The molecule has 70 heavy (non-hydrogen) atoms. The van der Waals surface area contributed by atoms with Crippen molar-refractivity contribution in [3.63, 3.8) is 0 Å². The Morgan fingerprint density at radius 2 is 0.671 bits per heavy atom. The molecule has 0 aliphatic rings. The first-order chi connectivity index (χ1) is 34.6. The molecule has 0 saturated heterocycles. The Morgan fingerprint density at radius 3 is 1.09 bits per heavy atom. The summed E-state index contributed by atoms with van der Waals surface area (Å²) in [6.07, 6.45) is 82.7. The molecule has 0 radical (unpaired) electrons. The lowest BCUT2D eigenvalue weighted by molar-refractivity contribution is -0.162.